The maximum atomic E-state index is 5.93. The van der Waals surface area contributed by atoms with Gasteiger partial charge in [0.1, 0.15) is 17.9 Å². The molecule has 0 unspecified atom stereocenters. The lowest BCUT2D eigenvalue weighted by molar-refractivity contribution is 0.415. The molecule has 0 radical (unpaired) electrons. The SMILES string of the molecule is CCCc1c(N)ncnc1-c1cccc(OC)c1. The number of hydrogen-bond donors (Lipinski definition) is 1. The van der Waals surface area contributed by atoms with Gasteiger partial charge in [0.15, 0.2) is 0 Å². The van der Waals surface area contributed by atoms with E-state index in [0.717, 1.165) is 35.4 Å². The number of anilines is 1. The fourth-order valence-corrected chi connectivity index (χ4v) is 1.94. The Morgan fingerprint density at radius 1 is 1.28 bits per heavy atom. The molecule has 18 heavy (non-hydrogen) atoms. The molecule has 4 nitrogen and oxygen atoms in total. The largest absolute Gasteiger partial charge is 0.497 e. The van der Waals surface area contributed by atoms with Crippen LogP contribution in [0.3, 0.4) is 0 Å². The number of nitrogens with two attached hydrogens (primary N) is 1. The van der Waals surface area contributed by atoms with Crippen LogP contribution in [0.4, 0.5) is 5.82 Å². The first kappa shape index (κ1) is 12.4. The van der Waals surface area contributed by atoms with Crippen molar-refractivity contribution < 1.29 is 4.74 Å². The van der Waals surface area contributed by atoms with E-state index in [1.54, 1.807) is 7.11 Å². The van der Waals surface area contributed by atoms with E-state index in [-0.39, 0.29) is 0 Å². The Morgan fingerprint density at radius 3 is 2.83 bits per heavy atom. The second-order valence-corrected chi connectivity index (χ2v) is 4.07. The van der Waals surface area contributed by atoms with Crippen LogP contribution in [0, 0.1) is 0 Å². The first-order chi connectivity index (χ1) is 8.76. The number of benzene rings is 1. The average molecular weight is 243 g/mol. The molecule has 0 aliphatic heterocycles. The van der Waals surface area contributed by atoms with Crippen LogP contribution in [0.1, 0.15) is 18.9 Å². The zero-order valence-electron chi connectivity index (χ0n) is 10.7. The van der Waals surface area contributed by atoms with E-state index >= 15 is 0 Å². The highest BCUT2D eigenvalue weighted by molar-refractivity contribution is 5.68. The summed E-state index contributed by atoms with van der Waals surface area (Å²) >= 11 is 0. The fraction of sp³-hybridized carbons (Fsp3) is 0.286. The minimum atomic E-state index is 0.560. The predicted octanol–water partition coefficient (Wildman–Crippen LogP) is 2.69. The highest BCUT2D eigenvalue weighted by Gasteiger charge is 2.10. The highest BCUT2D eigenvalue weighted by Crippen LogP contribution is 2.27. The molecule has 1 aromatic heterocycles. The zero-order chi connectivity index (χ0) is 13.0. The van der Waals surface area contributed by atoms with Crippen molar-refractivity contribution in [2.45, 2.75) is 19.8 Å². The van der Waals surface area contributed by atoms with E-state index < -0.39 is 0 Å². The van der Waals surface area contributed by atoms with Gasteiger partial charge in [-0.1, -0.05) is 25.5 Å². The first-order valence-corrected chi connectivity index (χ1v) is 6.00. The first-order valence-electron chi connectivity index (χ1n) is 6.00. The topological polar surface area (TPSA) is 61.0 Å². The van der Waals surface area contributed by atoms with Gasteiger partial charge in [-0.05, 0) is 18.6 Å². The van der Waals surface area contributed by atoms with E-state index in [1.807, 2.05) is 24.3 Å². The summed E-state index contributed by atoms with van der Waals surface area (Å²) in [7, 11) is 1.65. The Morgan fingerprint density at radius 2 is 2.11 bits per heavy atom. The van der Waals surface area contributed by atoms with Crippen LogP contribution >= 0.6 is 0 Å². The summed E-state index contributed by atoms with van der Waals surface area (Å²) in [5.41, 5.74) is 8.84. The summed E-state index contributed by atoms with van der Waals surface area (Å²) in [5, 5.41) is 0. The van der Waals surface area contributed by atoms with E-state index in [2.05, 4.69) is 16.9 Å². The number of methoxy groups -OCH3 is 1. The van der Waals surface area contributed by atoms with E-state index in [4.69, 9.17) is 10.5 Å². The van der Waals surface area contributed by atoms with Crippen molar-refractivity contribution in [1.82, 2.24) is 9.97 Å². The molecule has 0 bridgehead atoms. The molecule has 2 aromatic rings. The quantitative estimate of drug-likeness (QED) is 0.896. The normalized spacial score (nSPS) is 10.3. The van der Waals surface area contributed by atoms with Crippen molar-refractivity contribution in [3.05, 3.63) is 36.2 Å². The molecule has 94 valence electrons. The lowest BCUT2D eigenvalue weighted by Gasteiger charge is -2.10. The van der Waals surface area contributed by atoms with Crippen molar-refractivity contribution in [2.75, 3.05) is 12.8 Å². The molecule has 0 amide bonds. The van der Waals surface area contributed by atoms with E-state index in [9.17, 15) is 0 Å². The molecule has 0 saturated carbocycles. The molecular formula is C14H17N3O. The predicted molar refractivity (Wildman–Crippen MR) is 72.4 cm³/mol. The Hall–Kier alpha value is -2.10. The van der Waals surface area contributed by atoms with Gasteiger partial charge in [0.25, 0.3) is 0 Å². The maximum absolute atomic E-state index is 5.93. The van der Waals surface area contributed by atoms with E-state index in [1.165, 1.54) is 6.33 Å². The van der Waals surface area contributed by atoms with Crippen LogP contribution in [0.5, 0.6) is 5.75 Å². The van der Waals surface area contributed by atoms with Gasteiger partial charge >= 0.3 is 0 Å². The molecule has 1 heterocycles. The van der Waals surface area contributed by atoms with Crippen LogP contribution < -0.4 is 10.5 Å². The van der Waals surface area contributed by atoms with Crippen molar-refractivity contribution in [3.8, 4) is 17.0 Å². The van der Waals surface area contributed by atoms with Crippen LogP contribution in [0.15, 0.2) is 30.6 Å². The standard InChI is InChI=1S/C14H17N3O/c1-3-5-12-13(16-9-17-14(12)15)10-6-4-7-11(8-10)18-2/h4,6-9H,3,5H2,1-2H3,(H2,15,16,17). The Balaban J connectivity index is 2.52. The van der Waals surface area contributed by atoms with Gasteiger partial charge in [-0.25, -0.2) is 9.97 Å². The van der Waals surface area contributed by atoms with Gasteiger partial charge in [-0.3, -0.25) is 0 Å². The third-order valence-corrected chi connectivity index (χ3v) is 2.82. The summed E-state index contributed by atoms with van der Waals surface area (Å²) in [6.45, 7) is 2.11. The van der Waals surface area contributed by atoms with Gasteiger partial charge in [-0.2, -0.15) is 0 Å². The molecule has 2 N–H and O–H groups in total. The molecule has 1 aromatic carbocycles. The number of ether oxygens (including phenoxy) is 1. The number of nitrogen functional groups attached to an aromatic ring is 1. The summed E-state index contributed by atoms with van der Waals surface area (Å²) in [6, 6.07) is 7.82. The lowest BCUT2D eigenvalue weighted by atomic mass is 10.0. The molecule has 2 rings (SSSR count). The summed E-state index contributed by atoms with van der Waals surface area (Å²) in [4.78, 5) is 8.42. The fourth-order valence-electron chi connectivity index (χ4n) is 1.94. The van der Waals surface area contributed by atoms with Crippen molar-refractivity contribution in [1.29, 1.82) is 0 Å². The molecule has 0 fully saturated rings. The Kier molecular flexibility index (Phi) is 3.77. The second-order valence-electron chi connectivity index (χ2n) is 4.07. The minimum absolute atomic E-state index is 0.560. The van der Waals surface area contributed by atoms with Gasteiger partial charge in [0.2, 0.25) is 0 Å². The van der Waals surface area contributed by atoms with Crippen LogP contribution in [-0.4, -0.2) is 17.1 Å². The van der Waals surface area contributed by atoms with Crippen molar-refractivity contribution in [2.24, 2.45) is 0 Å². The molecular weight excluding hydrogens is 226 g/mol. The maximum Gasteiger partial charge on any atom is 0.130 e. The van der Waals surface area contributed by atoms with Crippen LogP contribution in [0.25, 0.3) is 11.3 Å². The molecule has 0 atom stereocenters. The smallest absolute Gasteiger partial charge is 0.130 e. The minimum Gasteiger partial charge on any atom is -0.497 e. The number of aromatic nitrogens is 2. The molecule has 4 heteroatoms. The summed E-state index contributed by atoms with van der Waals surface area (Å²) in [6.07, 6.45) is 3.39. The molecule has 0 aliphatic carbocycles. The Labute approximate surface area is 107 Å². The van der Waals surface area contributed by atoms with Crippen LogP contribution in [0.2, 0.25) is 0 Å². The van der Waals surface area contributed by atoms with Gasteiger partial charge in [0.05, 0.1) is 12.8 Å². The molecule has 0 aliphatic rings. The number of hydrogen-bond acceptors (Lipinski definition) is 4. The highest BCUT2D eigenvalue weighted by atomic mass is 16.5. The molecule has 0 spiro atoms. The second kappa shape index (κ2) is 5.49. The van der Waals surface area contributed by atoms with E-state index in [0.29, 0.717) is 5.82 Å². The van der Waals surface area contributed by atoms with Gasteiger partial charge in [0, 0.05) is 11.1 Å². The third-order valence-electron chi connectivity index (χ3n) is 2.82. The van der Waals surface area contributed by atoms with Crippen molar-refractivity contribution in [3.63, 3.8) is 0 Å². The lowest BCUT2D eigenvalue weighted by Crippen LogP contribution is -2.02. The zero-order valence-corrected chi connectivity index (χ0v) is 10.7. The summed E-state index contributed by atoms with van der Waals surface area (Å²) < 4.78 is 5.23. The van der Waals surface area contributed by atoms with Crippen molar-refractivity contribution >= 4 is 5.82 Å². The average Bonchev–Trinajstić information content (AvgIpc) is 2.41. The molecule has 0 saturated heterocycles. The van der Waals surface area contributed by atoms with Gasteiger partial charge < -0.3 is 10.5 Å². The van der Waals surface area contributed by atoms with Gasteiger partial charge in [-0.15, -0.1) is 0 Å². The Bertz CT molecular complexity index is 540. The number of rotatable bonds is 4. The summed E-state index contributed by atoms with van der Waals surface area (Å²) in [5.74, 6) is 1.37. The third kappa shape index (κ3) is 2.42. The van der Waals surface area contributed by atoms with Crippen LogP contribution in [-0.2, 0) is 6.42 Å². The number of nitrogens with zero attached hydrogens (tertiary/aromatic N) is 2. The monoisotopic (exact) mass is 243 g/mol.